The summed E-state index contributed by atoms with van der Waals surface area (Å²) in [6.45, 7) is 7.09. The van der Waals surface area contributed by atoms with Crippen molar-refractivity contribution in [1.82, 2.24) is 0 Å². The lowest BCUT2D eigenvalue weighted by Crippen LogP contribution is -2.15. The van der Waals surface area contributed by atoms with Crippen LogP contribution in [0.2, 0.25) is 0 Å². The highest BCUT2D eigenvalue weighted by Gasteiger charge is 2.11. The summed E-state index contributed by atoms with van der Waals surface area (Å²) < 4.78 is 11.1. The van der Waals surface area contributed by atoms with E-state index >= 15 is 0 Å². The lowest BCUT2D eigenvalue weighted by atomic mass is 9.94. The van der Waals surface area contributed by atoms with Crippen LogP contribution in [0.5, 0.6) is 11.5 Å². The molecule has 0 fully saturated rings. The fourth-order valence-corrected chi connectivity index (χ4v) is 2.00. The van der Waals surface area contributed by atoms with Crippen molar-refractivity contribution in [3.05, 3.63) is 23.8 Å². The van der Waals surface area contributed by atoms with Crippen LogP contribution in [0.15, 0.2) is 18.2 Å². The highest BCUT2D eigenvalue weighted by molar-refractivity contribution is 5.43. The van der Waals surface area contributed by atoms with Crippen LogP contribution >= 0.6 is 0 Å². The van der Waals surface area contributed by atoms with E-state index in [-0.39, 0.29) is 6.04 Å². The van der Waals surface area contributed by atoms with E-state index in [4.69, 9.17) is 15.2 Å². The summed E-state index contributed by atoms with van der Waals surface area (Å²) in [5, 5.41) is 0. The van der Waals surface area contributed by atoms with E-state index in [1.54, 1.807) is 7.11 Å². The minimum absolute atomic E-state index is 0.261. The van der Waals surface area contributed by atoms with Gasteiger partial charge in [-0.05, 0) is 49.8 Å². The Kier molecular flexibility index (Phi) is 6.71. The van der Waals surface area contributed by atoms with E-state index in [0.29, 0.717) is 5.92 Å². The fourth-order valence-electron chi connectivity index (χ4n) is 2.00. The molecular formula is C16H27NO2. The smallest absolute Gasteiger partial charge is 0.161 e. The first-order valence-electron chi connectivity index (χ1n) is 7.14. The Balaban J connectivity index is 2.74. The maximum absolute atomic E-state index is 5.81. The zero-order valence-electron chi connectivity index (χ0n) is 12.6. The number of hydrogen-bond acceptors (Lipinski definition) is 3. The van der Waals surface area contributed by atoms with E-state index in [1.165, 1.54) is 5.56 Å². The molecule has 3 heteroatoms. The van der Waals surface area contributed by atoms with Crippen LogP contribution < -0.4 is 15.2 Å². The van der Waals surface area contributed by atoms with Gasteiger partial charge in [-0.25, -0.2) is 0 Å². The van der Waals surface area contributed by atoms with Crippen molar-refractivity contribution >= 4 is 0 Å². The number of ether oxygens (including phenoxy) is 2. The molecule has 0 amide bonds. The fraction of sp³-hybridized carbons (Fsp3) is 0.625. The predicted octanol–water partition coefficient (Wildman–Crippen LogP) is 3.71. The summed E-state index contributed by atoms with van der Waals surface area (Å²) in [7, 11) is 1.69. The molecule has 1 aromatic carbocycles. The van der Waals surface area contributed by atoms with Gasteiger partial charge in [-0.1, -0.05) is 19.9 Å². The third-order valence-electron chi connectivity index (χ3n) is 3.27. The maximum Gasteiger partial charge on any atom is 0.161 e. The molecule has 0 aromatic heterocycles. The minimum atomic E-state index is 0.261. The van der Waals surface area contributed by atoms with Crippen molar-refractivity contribution in [2.45, 2.75) is 52.0 Å². The summed E-state index contributed by atoms with van der Waals surface area (Å²) in [5.74, 6) is 2.13. The van der Waals surface area contributed by atoms with Crippen LogP contribution in [0.3, 0.4) is 0 Å². The topological polar surface area (TPSA) is 44.5 Å². The lowest BCUT2D eigenvalue weighted by molar-refractivity contribution is 0.294. The Hall–Kier alpha value is -1.22. The molecule has 0 radical (unpaired) electrons. The zero-order chi connectivity index (χ0) is 14.3. The molecule has 0 saturated heterocycles. The van der Waals surface area contributed by atoms with Crippen LogP contribution in [0.1, 0.15) is 51.5 Å². The summed E-state index contributed by atoms with van der Waals surface area (Å²) in [5.41, 5.74) is 7.09. The molecule has 0 aliphatic heterocycles. The Morgan fingerprint density at radius 1 is 1.16 bits per heavy atom. The molecule has 3 nitrogen and oxygen atoms in total. The standard InChI is InChI=1S/C16H27NO2/c1-5-10-19-15-9-8-14(11-16(15)18-4)12(2)6-7-13(3)17/h8-9,11-13H,5-7,10,17H2,1-4H3. The average Bonchev–Trinajstić information content (AvgIpc) is 2.42. The van der Waals surface area contributed by atoms with Gasteiger partial charge in [0.25, 0.3) is 0 Å². The van der Waals surface area contributed by atoms with Crippen molar-refractivity contribution < 1.29 is 9.47 Å². The summed E-state index contributed by atoms with van der Waals surface area (Å²) in [6, 6.07) is 6.47. The van der Waals surface area contributed by atoms with Gasteiger partial charge in [-0.15, -0.1) is 0 Å². The molecule has 2 N–H and O–H groups in total. The van der Waals surface area contributed by atoms with Gasteiger partial charge in [0.2, 0.25) is 0 Å². The van der Waals surface area contributed by atoms with Crippen molar-refractivity contribution in [2.24, 2.45) is 5.73 Å². The molecule has 1 rings (SSSR count). The van der Waals surface area contributed by atoms with Gasteiger partial charge in [-0.2, -0.15) is 0 Å². The molecule has 0 aliphatic carbocycles. The van der Waals surface area contributed by atoms with Gasteiger partial charge in [0, 0.05) is 6.04 Å². The molecule has 108 valence electrons. The van der Waals surface area contributed by atoms with E-state index < -0.39 is 0 Å². The summed E-state index contributed by atoms with van der Waals surface area (Å²) in [6.07, 6.45) is 3.13. The second-order valence-corrected chi connectivity index (χ2v) is 5.21. The molecule has 0 saturated carbocycles. The zero-order valence-corrected chi connectivity index (χ0v) is 12.6. The SMILES string of the molecule is CCCOc1ccc(C(C)CCC(C)N)cc1OC. The molecule has 2 unspecified atom stereocenters. The van der Waals surface area contributed by atoms with Crippen molar-refractivity contribution in [2.75, 3.05) is 13.7 Å². The number of nitrogens with two attached hydrogens (primary N) is 1. The van der Waals surface area contributed by atoms with Gasteiger partial charge >= 0.3 is 0 Å². The number of rotatable bonds is 8. The Morgan fingerprint density at radius 3 is 2.47 bits per heavy atom. The number of benzene rings is 1. The van der Waals surface area contributed by atoms with Crippen molar-refractivity contribution in [3.8, 4) is 11.5 Å². The van der Waals surface area contributed by atoms with Crippen molar-refractivity contribution in [1.29, 1.82) is 0 Å². The van der Waals surface area contributed by atoms with Gasteiger partial charge in [0.05, 0.1) is 13.7 Å². The van der Waals surface area contributed by atoms with E-state index in [1.807, 2.05) is 6.07 Å². The van der Waals surface area contributed by atoms with Gasteiger partial charge < -0.3 is 15.2 Å². The first-order chi connectivity index (χ1) is 9.08. The molecule has 2 atom stereocenters. The van der Waals surface area contributed by atoms with Crippen LogP contribution in [-0.2, 0) is 0 Å². The maximum atomic E-state index is 5.81. The molecule has 0 spiro atoms. The van der Waals surface area contributed by atoms with Gasteiger partial charge in [0.1, 0.15) is 0 Å². The molecule has 19 heavy (non-hydrogen) atoms. The largest absolute Gasteiger partial charge is 0.493 e. The minimum Gasteiger partial charge on any atom is -0.493 e. The third kappa shape index (κ3) is 5.11. The molecule has 1 aromatic rings. The van der Waals surface area contributed by atoms with Crippen LogP contribution in [0.25, 0.3) is 0 Å². The normalized spacial score (nSPS) is 13.9. The molecular weight excluding hydrogens is 238 g/mol. The average molecular weight is 265 g/mol. The monoisotopic (exact) mass is 265 g/mol. The number of hydrogen-bond donors (Lipinski definition) is 1. The Labute approximate surface area is 117 Å². The quantitative estimate of drug-likeness (QED) is 0.779. The van der Waals surface area contributed by atoms with E-state index in [0.717, 1.165) is 37.4 Å². The van der Waals surface area contributed by atoms with Crippen LogP contribution in [0, 0.1) is 0 Å². The van der Waals surface area contributed by atoms with Crippen LogP contribution in [0.4, 0.5) is 0 Å². The molecule has 0 heterocycles. The van der Waals surface area contributed by atoms with Gasteiger partial charge in [-0.3, -0.25) is 0 Å². The third-order valence-corrected chi connectivity index (χ3v) is 3.27. The second-order valence-electron chi connectivity index (χ2n) is 5.21. The molecule has 0 aliphatic rings. The Morgan fingerprint density at radius 2 is 1.89 bits per heavy atom. The Bertz CT molecular complexity index is 377. The lowest BCUT2D eigenvalue weighted by Gasteiger charge is -2.16. The van der Waals surface area contributed by atoms with E-state index in [9.17, 15) is 0 Å². The first-order valence-corrected chi connectivity index (χ1v) is 7.14. The van der Waals surface area contributed by atoms with Gasteiger partial charge in [0.15, 0.2) is 11.5 Å². The predicted molar refractivity (Wildman–Crippen MR) is 80.1 cm³/mol. The summed E-state index contributed by atoms with van der Waals surface area (Å²) >= 11 is 0. The molecule has 0 bridgehead atoms. The summed E-state index contributed by atoms with van der Waals surface area (Å²) in [4.78, 5) is 0. The van der Waals surface area contributed by atoms with Crippen molar-refractivity contribution in [3.63, 3.8) is 0 Å². The highest BCUT2D eigenvalue weighted by atomic mass is 16.5. The number of methoxy groups -OCH3 is 1. The van der Waals surface area contributed by atoms with Crippen LogP contribution in [-0.4, -0.2) is 19.8 Å². The second kappa shape index (κ2) is 8.05. The highest BCUT2D eigenvalue weighted by Crippen LogP contribution is 2.32. The first kappa shape index (κ1) is 15.8. The van der Waals surface area contributed by atoms with E-state index in [2.05, 4.69) is 32.9 Å².